The molecule has 1 heterocycles. The fourth-order valence-corrected chi connectivity index (χ4v) is 3.27. The van der Waals surface area contributed by atoms with Gasteiger partial charge in [0.05, 0.1) is 17.8 Å². The molecule has 1 aromatic carbocycles. The van der Waals surface area contributed by atoms with Gasteiger partial charge in [0.1, 0.15) is 11.0 Å². The van der Waals surface area contributed by atoms with Gasteiger partial charge in [0.2, 0.25) is 0 Å². The standard InChI is InChI=1S/C20H27ClFN3O/c1-4-6-7-15(5-2)12-23-20(26)18-14(3)24-25(19(18)21)13-16-8-10-17(22)11-9-16/h8-11,15H,4-7,12-13H2,1-3H3,(H,23,26). The van der Waals surface area contributed by atoms with Gasteiger partial charge < -0.3 is 5.32 Å². The second-order valence-corrected chi connectivity index (χ2v) is 7.02. The highest BCUT2D eigenvalue weighted by atomic mass is 35.5. The van der Waals surface area contributed by atoms with Crippen LogP contribution in [0.25, 0.3) is 0 Å². The van der Waals surface area contributed by atoms with Crippen LogP contribution in [0.3, 0.4) is 0 Å². The molecule has 2 rings (SSSR count). The molecule has 142 valence electrons. The summed E-state index contributed by atoms with van der Waals surface area (Å²) in [5.41, 5.74) is 1.88. The second kappa shape index (κ2) is 9.72. The van der Waals surface area contributed by atoms with Crippen molar-refractivity contribution >= 4 is 17.5 Å². The lowest BCUT2D eigenvalue weighted by Gasteiger charge is -2.15. The third-order valence-corrected chi connectivity index (χ3v) is 5.02. The molecule has 0 bridgehead atoms. The highest BCUT2D eigenvalue weighted by Gasteiger charge is 2.21. The fraction of sp³-hybridized carbons (Fsp3) is 0.500. The Labute approximate surface area is 159 Å². The van der Waals surface area contributed by atoms with Crippen LogP contribution in [0.1, 0.15) is 61.1 Å². The average Bonchev–Trinajstić information content (AvgIpc) is 2.90. The van der Waals surface area contributed by atoms with Crippen LogP contribution in [-0.2, 0) is 6.54 Å². The van der Waals surface area contributed by atoms with E-state index in [1.807, 2.05) is 0 Å². The highest BCUT2D eigenvalue weighted by molar-refractivity contribution is 6.33. The zero-order chi connectivity index (χ0) is 19.1. The lowest BCUT2D eigenvalue weighted by atomic mass is 9.99. The number of hydrogen-bond donors (Lipinski definition) is 1. The van der Waals surface area contributed by atoms with Crippen LogP contribution in [0.5, 0.6) is 0 Å². The number of hydrogen-bond acceptors (Lipinski definition) is 2. The number of halogens is 2. The molecule has 0 saturated heterocycles. The number of amides is 1. The quantitative estimate of drug-likeness (QED) is 0.668. The summed E-state index contributed by atoms with van der Waals surface area (Å²) in [5, 5.41) is 7.69. The van der Waals surface area contributed by atoms with Crippen LogP contribution in [-0.4, -0.2) is 22.2 Å². The van der Waals surface area contributed by atoms with Gasteiger partial charge in [-0.15, -0.1) is 0 Å². The van der Waals surface area contributed by atoms with Gasteiger partial charge in [0.15, 0.2) is 0 Å². The molecule has 26 heavy (non-hydrogen) atoms. The lowest BCUT2D eigenvalue weighted by molar-refractivity contribution is 0.0945. The number of unbranched alkanes of at least 4 members (excludes halogenated alkanes) is 1. The van der Waals surface area contributed by atoms with Crippen LogP contribution in [0.15, 0.2) is 24.3 Å². The minimum Gasteiger partial charge on any atom is -0.352 e. The van der Waals surface area contributed by atoms with Gasteiger partial charge in [-0.3, -0.25) is 4.79 Å². The summed E-state index contributed by atoms with van der Waals surface area (Å²) in [5.74, 6) is 0.00478. The number of aromatic nitrogens is 2. The van der Waals surface area contributed by atoms with Crippen molar-refractivity contribution < 1.29 is 9.18 Å². The predicted molar refractivity (Wildman–Crippen MR) is 103 cm³/mol. The monoisotopic (exact) mass is 379 g/mol. The number of carbonyl (C=O) groups is 1. The number of aryl methyl sites for hydroxylation is 1. The van der Waals surface area contributed by atoms with E-state index in [1.54, 1.807) is 23.7 Å². The zero-order valence-electron chi connectivity index (χ0n) is 15.7. The van der Waals surface area contributed by atoms with Crippen molar-refractivity contribution in [3.63, 3.8) is 0 Å². The molecule has 1 atom stereocenters. The van der Waals surface area contributed by atoms with Gasteiger partial charge in [0.25, 0.3) is 5.91 Å². The molecule has 0 radical (unpaired) electrons. The smallest absolute Gasteiger partial charge is 0.256 e. The topological polar surface area (TPSA) is 46.9 Å². The summed E-state index contributed by atoms with van der Waals surface area (Å²) in [4.78, 5) is 12.6. The zero-order valence-corrected chi connectivity index (χ0v) is 16.4. The Morgan fingerprint density at radius 3 is 2.62 bits per heavy atom. The van der Waals surface area contributed by atoms with E-state index in [2.05, 4.69) is 24.3 Å². The van der Waals surface area contributed by atoms with Crippen LogP contribution < -0.4 is 5.32 Å². The second-order valence-electron chi connectivity index (χ2n) is 6.66. The molecular formula is C20H27ClFN3O. The first-order valence-electron chi connectivity index (χ1n) is 9.21. The largest absolute Gasteiger partial charge is 0.352 e. The summed E-state index contributed by atoms with van der Waals surface area (Å²) in [6.45, 7) is 7.13. The Morgan fingerprint density at radius 1 is 1.31 bits per heavy atom. The van der Waals surface area contributed by atoms with Gasteiger partial charge in [-0.05, 0) is 37.0 Å². The van der Waals surface area contributed by atoms with Crippen molar-refractivity contribution in [3.8, 4) is 0 Å². The number of rotatable bonds is 9. The van der Waals surface area contributed by atoms with E-state index in [-0.39, 0.29) is 11.7 Å². The summed E-state index contributed by atoms with van der Waals surface area (Å²) >= 11 is 6.40. The van der Waals surface area contributed by atoms with E-state index in [0.29, 0.717) is 35.4 Å². The summed E-state index contributed by atoms with van der Waals surface area (Å²) in [6, 6.07) is 6.16. The van der Waals surface area contributed by atoms with Crippen molar-refractivity contribution in [1.29, 1.82) is 0 Å². The van der Waals surface area contributed by atoms with E-state index >= 15 is 0 Å². The van der Waals surface area contributed by atoms with Crippen molar-refractivity contribution in [2.24, 2.45) is 5.92 Å². The predicted octanol–water partition coefficient (Wildman–Crippen LogP) is 4.98. The Kier molecular flexibility index (Phi) is 7.64. The minimum atomic E-state index is -0.287. The van der Waals surface area contributed by atoms with Crippen molar-refractivity contribution in [2.75, 3.05) is 6.54 Å². The van der Waals surface area contributed by atoms with Crippen molar-refractivity contribution in [3.05, 3.63) is 52.1 Å². The number of nitrogens with zero attached hydrogens (tertiary/aromatic N) is 2. The SMILES string of the molecule is CCCCC(CC)CNC(=O)c1c(C)nn(Cc2ccc(F)cc2)c1Cl. The number of benzene rings is 1. The summed E-state index contributed by atoms with van der Waals surface area (Å²) in [6.07, 6.45) is 4.48. The summed E-state index contributed by atoms with van der Waals surface area (Å²) in [7, 11) is 0. The normalized spacial score (nSPS) is 12.2. The Hall–Kier alpha value is -1.88. The maximum atomic E-state index is 13.0. The molecule has 0 fully saturated rings. The molecule has 1 unspecified atom stereocenters. The molecule has 1 N–H and O–H groups in total. The molecule has 1 aromatic heterocycles. The van der Waals surface area contributed by atoms with Gasteiger partial charge >= 0.3 is 0 Å². The molecule has 0 aliphatic carbocycles. The highest BCUT2D eigenvalue weighted by Crippen LogP contribution is 2.21. The fourth-order valence-electron chi connectivity index (χ4n) is 2.95. The first-order valence-corrected chi connectivity index (χ1v) is 9.59. The maximum absolute atomic E-state index is 13.0. The lowest BCUT2D eigenvalue weighted by Crippen LogP contribution is -2.29. The third kappa shape index (κ3) is 5.31. The summed E-state index contributed by atoms with van der Waals surface area (Å²) < 4.78 is 14.6. The molecular weight excluding hydrogens is 353 g/mol. The van der Waals surface area contributed by atoms with E-state index in [1.165, 1.54) is 18.6 Å². The van der Waals surface area contributed by atoms with Gasteiger partial charge in [0, 0.05) is 6.54 Å². The Morgan fingerprint density at radius 2 is 2.00 bits per heavy atom. The maximum Gasteiger partial charge on any atom is 0.256 e. The number of nitrogens with one attached hydrogen (secondary N) is 1. The molecule has 2 aromatic rings. The van der Waals surface area contributed by atoms with Crippen molar-refractivity contribution in [1.82, 2.24) is 15.1 Å². The minimum absolute atomic E-state index is 0.187. The van der Waals surface area contributed by atoms with E-state index in [4.69, 9.17) is 11.6 Å². The van der Waals surface area contributed by atoms with Crippen molar-refractivity contribution in [2.45, 2.75) is 53.0 Å². The average molecular weight is 380 g/mol. The molecule has 0 spiro atoms. The molecule has 0 aliphatic rings. The Balaban J connectivity index is 2.06. The molecule has 4 nitrogen and oxygen atoms in total. The first kappa shape index (κ1) is 20.4. The number of carbonyl (C=O) groups excluding carboxylic acids is 1. The van der Waals surface area contributed by atoms with Gasteiger partial charge in [-0.2, -0.15) is 5.10 Å². The van der Waals surface area contributed by atoms with Crippen LogP contribution >= 0.6 is 11.6 Å². The van der Waals surface area contributed by atoms with Crippen LogP contribution in [0, 0.1) is 18.7 Å². The van der Waals surface area contributed by atoms with Crippen LogP contribution in [0.2, 0.25) is 5.15 Å². The first-order chi connectivity index (χ1) is 12.5. The molecule has 0 saturated carbocycles. The molecule has 6 heteroatoms. The van der Waals surface area contributed by atoms with E-state index in [9.17, 15) is 9.18 Å². The van der Waals surface area contributed by atoms with E-state index < -0.39 is 0 Å². The van der Waals surface area contributed by atoms with E-state index in [0.717, 1.165) is 24.8 Å². The molecule has 1 amide bonds. The van der Waals surface area contributed by atoms with Gasteiger partial charge in [-0.25, -0.2) is 9.07 Å². The van der Waals surface area contributed by atoms with Gasteiger partial charge in [-0.1, -0.05) is 56.8 Å². The van der Waals surface area contributed by atoms with Crippen LogP contribution in [0.4, 0.5) is 4.39 Å². The Bertz CT molecular complexity index is 727. The third-order valence-electron chi connectivity index (χ3n) is 4.63. The molecule has 0 aliphatic heterocycles.